The second-order valence-corrected chi connectivity index (χ2v) is 16.9. The second-order valence-electron chi connectivity index (χ2n) is 15.4. The van der Waals surface area contributed by atoms with E-state index >= 15 is 4.79 Å². The van der Waals surface area contributed by atoms with Crippen LogP contribution in [0, 0.1) is 36.0 Å². The van der Waals surface area contributed by atoms with Gasteiger partial charge in [-0.3, -0.25) is 33.6 Å². The maximum atomic E-state index is 15.1. The van der Waals surface area contributed by atoms with Crippen LogP contribution >= 0.6 is 22.9 Å². The Labute approximate surface area is 331 Å². The van der Waals surface area contributed by atoms with Crippen molar-refractivity contribution in [2.75, 3.05) is 16.9 Å². The molecule has 2 saturated heterocycles. The van der Waals surface area contributed by atoms with Crippen molar-refractivity contribution in [2.45, 2.75) is 39.5 Å². The summed E-state index contributed by atoms with van der Waals surface area (Å²) in [7, 11) is 3.15. The van der Waals surface area contributed by atoms with Gasteiger partial charge in [-0.25, -0.2) is 4.90 Å². The lowest BCUT2D eigenvalue weighted by Gasteiger charge is -2.49. The number of ether oxygens (including phenoxy) is 1. The summed E-state index contributed by atoms with van der Waals surface area (Å²) >= 11 is 7.87. The number of phenolic OH excluding ortho intramolecular Hbond substituents is 1. The maximum absolute atomic E-state index is 15.1. The summed E-state index contributed by atoms with van der Waals surface area (Å²) in [6.45, 7) is 5.26. The molecule has 4 aliphatic rings. The zero-order valence-electron chi connectivity index (χ0n) is 31.2. The standard InChI is InChI=1S/C43H37ClN4O7S/c1-20-28-17-24(44)9-15-34(28)56-38(20)31-19-35(46(4)45-31)48-40(52)30-18-29-26(37(43(30,3)42(48)54)23-8-14-32(50)33(16-23)55-5)12-13-27-36(29)41(53)47(39(27)51)25-10-6-22(7-11-25)21(2)49/h6-12,14-17,19,27,29-30,36-37,50H,13,18H2,1-5H3/t27-,29+,30-,36-,37-,43+/m0/s1. The number of hydrogen-bond acceptors (Lipinski definition) is 9. The average molecular weight is 789 g/mol. The zero-order valence-corrected chi connectivity index (χ0v) is 32.8. The van der Waals surface area contributed by atoms with Crippen molar-refractivity contribution in [3.05, 3.63) is 100 Å². The number of halogens is 1. The van der Waals surface area contributed by atoms with Crippen LogP contribution in [0.15, 0.2) is 78.4 Å². The van der Waals surface area contributed by atoms with Gasteiger partial charge in [-0.15, -0.1) is 11.3 Å². The lowest BCUT2D eigenvalue weighted by Crippen LogP contribution is -2.48. The van der Waals surface area contributed by atoms with Crippen LogP contribution in [0.3, 0.4) is 0 Å². The summed E-state index contributed by atoms with van der Waals surface area (Å²) < 4.78 is 8.09. The van der Waals surface area contributed by atoms with Crippen LogP contribution in [0.2, 0.25) is 5.02 Å². The Bertz CT molecular complexity index is 2610. The first-order chi connectivity index (χ1) is 26.7. The number of carbonyl (C=O) groups excluding carboxylic acids is 5. The highest BCUT2D eigenvalue weighted by atomic mass is 35.5. The predicted octanol–water partition coefficient (Wildman–Crippen LogP) is 7.62. The lowest BCUT2D eigenvalue weighted by atomic mass is 9.51. The largest absolute Gasteiger partial charge is 0.504 e. The highest BCUT2D eigenvalue weighted by Gasteiger charge is 2.68. The molecule has 5 aromatic rings. The van der Waals surface area contributed by atoms with Crippen molar-refractivity contribution >= 4 is 73.9 Å². The summed E-state index contributed by atoms with van der Waals surface area (Å²) in [6, 6.07) is 18.8. The summed E-state index contributed by atoms with van der Waals surface area (Å²) in [5.41, 5.74) is 2.59. The first kappa shape index (κ1) is 36.1. The van der Waals surface area contributed by atoms with Crippen molar-refractivity contribution in [2.24, 2.45) is 36.1 Å². The van der Waals surface area contributed by atoms with Gasteiger partial charge < -0.3 is 9.84 Å². The van der Waals surface area contributed by atoms with E-state index in [4.69, 9.17) is 21.4 Å². The fourth-order valence-electron chi connectivity index (χ4n) is 9.80. The van der Waals surface area contributed by atoms with Crippen LogP contribution < -0.4 is 14.5 Å². The van der Waals surface area contributed by atoms with E-state index < -0.39 is 46.8 Å². The number of carbonyl (C=O) groups is 5. The van der Waals surface area contributed by atoms with E-state index in [1.807, 2.05) is 38.1 Å². The smallest absolute Gasteiger partial charge is 0.242 e. The quantitative estimate of drug-likeness (QED) is 0.105. The number of allylic oxidation sites excluding steroid dienone is 2. The van der Waals surface area contributed by atoms with Crippen molar-refractivity contribution < 1.29 is 33.8 Å². The Morgan fingerprint density at radius 1 is 0.964 bits per heavy atom. The van der Waals surface area contributed by atoms with Crippen molar-refractivity contribution in [1.29, 1.82) is 0 Å². The fourth-order valence-corrected chi connectivity index (χ4v) is 11.1. The molecule has 3 aromatic carbocycles. The molecule has 3 fully saturated rings. The van der Waals surface area contributed by atoms with E-state index in [0.29, 0.717) is 33.3 Å². The number of amides is 4. The number of aromatic hydroxyl groups is 1. The van der Waals surface area contributed by atoms with Gasteiger partial charge in [0.05, 0.1) is 40.8 Å². The molecule has 0 bridgehead atoms. The van der Waals surface area contributed by atoms with Gasteiger partial charge in [-0.2, -0.15) is 5.10 Å². The van der Waals surface area contributed by atoms with Crippen LogP contribution in [0.25, 0.3) is 20.7 Å². The molecule has 2 aromatic heterocycles. The molecule has 0 unspecified atom stereocenters. The van der Waals surface area contributed by atoms with Gasteiger partial charge in [-0.1, -0.05) is 29.3 Å². The summed E-state index contributed by atoms with van der Waals surface area (Å²) in [4.78, 5) is 73.9. The number of nitrogens with zero attached hydrogens (tertiary/aromatic N) is 4. The monoisotopic (exact) mass is 788 g/mol. The molecule has 2 aliphatic heterocycles. The van der Waals surface area contributed by atoms with Crippen molar-refractivity contribution in [3.63, 3.8) is 0 Å². The Morgan fingerprint density at radius 3 is 2.43 bits per heavy atom. The van der Waals surface area contributed by atoms with Gasteiger partial charge in [0.15, 0.2) is 17.3 Å². The van der Waals surface area contributed by atoms with Gasteiger partial charge in [-0.05, 0) is 111 Å². The molecule has 284 valence electrons. The molecule has 4 heterocycles. The molecule has 1 N–H and O–H groups in total. The fraction of sp³-hybridized carbons (Fsp3) is 0.302. The third kappa shape index (κ3) is 5.01. The Hall–Kier alpha value is -5.59. The van der Waals surface area contributed by atoms with Crippen LogP contribution in [0.5, 0.6) is 11.5 Å². The number of phenols is 1. The van der Waals surface area contributed by atoms with Crippen LogP contribution in [0.4, 0.5) is 11.5 Å². The number of fused-ring (bicyclic) bond motifs is 5. The molecule has 56 heavy (non-hydrogen) atoms. The number of ketones is 1. The molecule has 2 aliphatic carbocycles. The van der Waals surface area contributed by atoms with E-state index in [9.17, 15) is 24.3 Å². The molecule has 0 spiro atoms. The first-order valence-electron chi connectivity index (χ1n) is 18.4. The lowest BCUT2D eigenvalue weighted by molar-refractivity contribution is -0.131. The van der Waals surface area contributed by atoms with Crippen LogP contribution in [-0.4, -0.2) is 51.4 Å². The first-order valence-corrected chi connectivity index (χ1v) is 19.6. The number of aryl methyl sites for hydroxylation is 2. The number of anilines is 2. The Balaban J connectivity index is 1.14. The minimum Gasteiger partial charge on any atom is -0.504 e. The Kier molecular flexibility index (Phi) is 8.19. The van der Waals surface area contributed by atoms with E-state index in [1.54, 1.807) is 65.5 Å². The maximum Gasteiger partial charge on any atom is 0.242 e. The van der Waals surface area contributed by atoms with Gasteiger partial charge >= 0.3 is 0 Å². The molecule has 9 rings (SSSR count). The summed E-state index contributed by atoms with van der Waals surface area (Å²) in [5, 5.41) is 17.0. The number of Topliss-reactive ketones (excluding diaryl/α,β-unsaturated/α-hetero) is 1. The topological polar surface area (TPSA) is 139 Å². The highest BCUT2D eigenvalue weighted by Crippen LogP contribution is 2.64. The van der Waals surface area contributed by atoms with Crippen molar-refractivity contribution in [3.8, 4) is 22.1 Å². The minimum atomic E-state index is -1.31. The molecule has 4 amide bonds. The number of hydrogen-bond donors (Lipinski definition) is 1. The van der Waals surface area contributed by atoms with E-state index in [2.05, 4.69) is 0 Å². The summed E-state index contributed by atoms with van der Waals surface area (Å²) in [5.74, 6) is -4.73. The van der Waals surface area contributed by atoms with E-state index in [1.165, 1.54) is 29.9 Å². The van der Waals surface area contributed by atoms with Crippen molar-refractivity contribution in [1.82, 2.24) is 9.78 Å². The number of thiophene rings is 1. The third-order valence-electron chi connectivity index (χ3n) is 12.6. The molecule has 0 radical (unpaired) electrons. The molecule has 11 nitrogen and oxygen atoms in total. The molecule has 13 heteroatoms. The van der Waals surface area contributed by atoms with Crippen LogP contribution in [-0.2, 0) is 26.2 Å². The van der Waals surface area contributed by atoms with Crippen LogP contribution in [0.1, 0.15) is 54.1 Å². The van der Waals surface area contributed by atoms with E-state index in [-0.39, 0.29) is 41.9 Å². The number of benzene rings is 3. The van der Waals surface area contributed by atoms with Gasteiger partial charge in [0.1, 0.15) is 11.5 Å². The number of imide groups is 2. The third-order valence-corrected chi connectivity index (χ3v) is 14.1. The second kappa shape index (κ2) is 12.7. The minimum absolute atomic E-state index is 0.0809. The number of methoxy groups -OCH3 is 1. The SMILES string of the molecule is COc1cc([C@H]2C3=CC[C@@H]4C(=O)N(c5ccc(C(C)=O)cc5)C(=O)[C@@H]4[C@@H]3C[C@H]3C(=O)N(c4cc(-c5sc6ccc(Cl)cc6c5C)nn4C)C(=O)[C@@]23C)ccc1O. The van der Waals surface area contributed by atoms with E-state index in [0.717, 1.165) is 26.1 Å². The predicted molar refractivity (Wildman–Crippen MR) is 212 cm³/mol. The van der Waals surface area contributed by atoms with Gasteiger partial charge in [0, 0.05) is 34.3 Å². The normalized spacial score (nSPS) is 25.8. The average Bonchev–Trinajstić information content (AvgIpc) is 3.85. The number of aromatic nitrogens is 2. The van der Waals surface area contributed by atoms with Gasteiger partial charge in [0.2, 0.25) is 23.6 Å². The Morgan fingerprint density at radius 2 is 1.71 bits per heavy atom. The number of rotatable bonds is 6. The molecular formula is C43H37ClN4O7S. The molecule has 1 saturated carbocycles. The molecule has 6 atom stereocenters. The molecular weight excluding hydrogens is 752 g/mol. The highest BCUT2D eigenvalue weighted by molar-refractivity contribution is 7.22. The summed E-state index contributed by atoms with van der Waals surface area (Å²) in [6.07, 6.45) is 2.42. The van der Waals surface area contributed by atoms with Gasteiger partial charge in [0.25, 0.3) is 0 Å². The zero-order chi connectivity index (χ0) is 39.5.